The average molecular weight is 289 g/mol. The van der Waals surface area contributed by atoms with E-state index in [2.05, 4.69) is 4.90 Å². The fourth-order valence-electron chi connectivity index (χ4n) is 3.33. The molecule has 2 aliphatic rings. The van der Waals surface area contributed by atoms with Crippen molar-refractivity contribution in [1.29, 1.82) is 0 Å². The molecule has 0 aromatic carbocycles. The predicted molar refractivity (Wildman–Crippen MR) is 81.5 cm³/mol. The van der Waals surface area contributed by atoms with Crippen molar-refractivity contribution in [2.45, 2.75) is 70.3 Å². The Hall–Kier alpha value is -0.280. The van der Waals surface area contributed by atoms with Crippen molar-refractivity contribution in [3.63, 3.8) is 0 Å². The molecule has 1 saturated heterocycles. The highest BCUT2D eigenvalue weighted by molar-refractivity contribution is 5.85. The van der Waals surface area contributed by atoms with Crippen LogP contribution in [0.1, 0.15) is 64.2 Å². The topological polar surface area (TPSA) is 46.3 Å². The van der Waals surface area contributed by atoms with Gasteiger partial charge in [0.25, 0.3) is 0 Å². The first kappa shape index (κ1) is 16.8. The van der Waals surface area contributed by atoms with E-state index in [1.54, 1.807) is 0 Å². The maximum atomic E-state index is 12.2. The Bertz CT molecular complexity index is 269. The van der Waals surface area contributed by atoms with Crippen LogP contribution in [-0.2, 0) is 4.79 Å². The number of nitrogens with two attached hydrogens (primary N) is 1. The third-order valence-electron chi connectivity index (χ3n) is 4.66. The summed E-state index contributed by atoms with van der Waals surface area (Å²) >= 11 is 0. The van der Waals surface area contributed by atoms with Crippen molar-refractivity contribution >= 4 is 18.3 Å². The third kappa shape index (κ3) is 4.64. The van der Waals surface area contributed by atoms with E-state index in [1.165, 1.54) is 38.5 Å². The summed E-state index contributed by atoms with van der Waals surface area (Å²) in [7, 11) is 0. The van der Waals surface area contributed by atoms with E-state index in [9.17, 15) is 4.79 Å². The molecule has 0 radical (unpaired) electrons. The van der Waals surface area contributed by atoms with E-state index in [0.29, 0.717) is 11.9 Å². The Balaban J connectivity index is 0.00000180. The molecule has 1 aliphatic heterocycles. The lowest BCUT2D eigenvalue weighted by Crippen LogP contribution is -2.42. The van der Waals surface area contributed by atoms with Crippen molar-refractivity contribution in [1.82, 2.24) is 4.90 Å². The van der Waals surface area contributed by atoms with E-state index in [0.717, 1.165) is 44.7 Å². The molecule has 2 rings (SSSR count). The molecule has 2 N–H and O–H groups in total. The molecule has 3 nitrogen and oxygen atoms in total. The molecule has 1 amide bonds. The summed E-state index contributed by atoms with van der Waals surface area (Å²) in [5.74, 6) is 1.24. The highest BCUT2D eigenvalue weighted by atomic mass is 35.5. The van der Waals surface area contributed by atoms with Gasteiger partial charge in [0.1, 0.15) is 0 Å². The van der Waals surface area contributed by atoms with E-state index in [4.69, 9.17) is 5.73 Å². The fraction of sp³-hybridized carbons (Fsp3) is 0.933. The molecule has 4 heteroatoms. The molecule has 1 heterocycles. The van der Waals surface area contributed by atoms with Crippen LogP contribution in [0.5, 0.6) is 0 Å². The molecular weight excluding hydrogens is 260 g/mol. The average Bonchev–Trinajstić information content (AvgIpc) is 2.75. The number of rotatable bonds is 7. The minimum atomic E-state index is 0. The molecule has 1 saturated carbocycles. The Labute approximate surface area is 123 Å². The zero-order valence-corrected chi connectivity index (χ0v) is 12.8. The van der Waals surface area contributed by atoms with Crippen LogP contribution in [0.15, 0.2) is 0 Å². The molecule has 0 bridgehead atoms. The van der Waals surface area contributed by atoms with Crippen LogP contribution in [0.3, 0.4) is 0 Å². The standard InChI is InChI=1S/C15H28N2O.ClH/c16-11-4-2-1-3-10-15(18)17-12-6-9-14(17)13-7-5-8-13;/h13-14H,1-12,16H2;1H. The number of carbonyl (C=O) groups excluding carboxylic acids is 1. The maximum absolute atomic E-state index is 12.2. The largest absolute Gasteiger partial charge is 0.339 e. The minimum Gasteiger partial charge on any atom is -0.339 e. The van der Waals surface area contributed by atoms with Gasteiger partial charge in [0.05, 0.1) is 0 Å². The van der Waals surface area contributed by atoms with Gasteiger partial charge in [-0.1, -0.05) is 19.3 Å². The van der Waals surface area contributed by atoms with E-state index in [1.807, 2.05) is 0 Å². The van der Waals surface area contributed by atoms with Gasteiger partial charge in [-0.15, -0.1) is 12.4 Å². The first-order chi connectivity index (χ1) is 8.83. The molecule has 19 heavy (non-hydrogen) atoms. The molecule has 2 fully saturated rings. The molecule has 112 valence electrons. The molecule has 0 aromatic rings. The van der Waals surface area contributed by atoms with Crippen molar-refractivity contribution in [2.75, 3.05) is 13.1 Å². The summed E-state index contributed by atoms with van der Waals surface area (Å²) in [6.07, 6.45) is 11.8. The van der Waals surface area contributed by atoms with Crippen LogP contribution in [0.4, 0.5) is 0 Å². The van der Waals surface area contributed by atoms with Gasteiger partial charge in [0.15, 0.2) is 0 Å². The van der Waals surface area contributed by atoms with E-state index >= 15 is 0 Å². The van der Waals surface area contributed by atoms with Crippen LogP contribution in [-0.4, -0.2) is 29.9 Å². The summed E-state index contributed by atoms with van der Waals surface area (Å²) in [5.41, 5.74) is 5.47. The number of carbonyl (C=O) groups is 1. The molecule has 1 atom stereocenters. The lowest BCUT2D eigenvalue weighted by atomic mass is 9.79. The number of hydrogen-bond acceptors (Lipinski definition) is 2. The summed E-state index contributed by atoms with van der Waals surface area (Å²) in [6, 6.07) is 0.593. The second-order valence-corrected chi connectivity index (χ2v) is 5.94. The predicted octanol–water partition coefficient (Wildman–Crippen LogP) is 3.11. The Morgan fingerprint density at radius 2 is 1.79 bits per heavy atom. The molecule has 1 unspecified atom stereocenters. The Morgan fingerprint density at radius 1 is 1.05 bits per heavy atom. The van der Waals surface area contributed by atoms with Crippen LogP contribution >= 0.6 is 12.4 Å². The van der Waals surface area contributed by atoms with Gasteiger partial charge in [0, 0.05) is 19.0 Å². The summed E-state index contributed by atoms with van der Waals surface area (Å²) < 4.78 is 0. The first-order valence-corrected chi connectivity index (χ1v) is 7.82. The van der Waals surface area contributed by atoms with Gasteiger partial charge in [-0.05, 0) is 51.0 Å². The van der Waals surface area contributed by atoms with Crippen molar-refractivity contribution in [3.05, 3.63) is 0 Å². The second kappa shape index (κ2) is 8.80. The normalized spacial score (nSPS) is 23.0. The quantitative estimate of drug-likeness (QED) is 0.732. The third-order valence-corrected chi connectivity index (χ3v) is 4.66. The molecular formula is C15H29ClN2O. The van der Waals surface area contributed by atoms with Crippen molar-refractivity contribution < 1.29 is 4.79 Å². The van der Waals surface area contributed by atoms with E-state index in [-0.39, 0.29) is 12.4 Å². The maximum Gasteiger partial charge on any atom is 0.222 e. The first-order valence-electron chi connectivity index (χ1n) is 7.82. The fourth-order valence-corrected chi connectivity index (χ4v) is 3.33. The number of likely N-dealkylation sites (tertiary alicyclic amines) is 1. The SMILES string of the molecule is Cl.NCCCCCCC(=O)N1CCCC1C1CCC1. The second-order valence-electron chi connectivity index (χ2n) is 5.94. The summed E-state index contributed by atoms with van der Waals surface area (Å²) in [5, 5.41) is 0. The van der Waals surface area contributed by atoms with Gasteiger partial charge in [-0.25, -0.2) is 0 Å². The Kier molecular flexibility index (Phi) is 7.77. The van der Waals surface area contributed by atoms with Gasteiger partial charge in [-0.2, -0.15) is 0 Å². The Morgan fingerprint density at radius 3 is 2.42 bits per heavy atom. The number of unbranched alkanes of at least 4 members (excludes halogenated alkanes) is 3. The number of hydrogen-bond donors (Lipinski definition) is 1. The molecule has 1 aliphatic carbocycles. The van der Waals surface area contributed by atoms with Crippen LogP contribution < -0.4 is 5.73 Å². The summed E-state index contributed by atoms with van der Waals surface area (Å²) in [6.45, 7) is 1.80. The zero-order chi connectivity index (χ0) is 12.8. The monoisotopic (exact) mass is 288 g/mol. The molecule has 0 spiro atoms. The smallest absolute Gasteiger partial charge is 0.222 e. The number of halogens is 1. The van der Waals surface area contributed by atoms with Crippen LogP contribution in [0, 0.1) is 5.92 Å². The van der Waals surface area contributed by atoms with Gasteiger partial charge >= 0.3 is 0 Å². The lowest BCUT2D eigenvalue weighted by Gasteiger charge is -2.37. The highest BCUT2D eigenvalue weighted by Gasteiger charge is 2.36. The van der Waals surface area contributed by atoms with Crippen LogP contribution in [0.25, 0.3) is 0 Å². The number of nitrogens with zero attached hydrogens (tertiary/aromatic N) is 1. The van der Waals surface area contributed by atoms with Crippen molar-refractivity contribution in [2.24, 2.45) is 11.7 Å². The lowest BCUT2D eigenvalue weighted by molar-refractivity contribution is -0.133. The van der Waals surface area contributed by atoms with Crippen LogP contribution in [0.2, 0.25) is 0 Å². The van der Waals surface area contributed by atoms with Crippen molar-refractivity contribution in [3.8, 4) is 0 Å². The zero-order valence-electron chi connectivity index (χ0n) is 12.0. The van der Waals surface area contributed by atoms with Gasteiger partial charge in [-0.3, -0.25) is 4.79 Å². The minimum absolute atomic E-state index is 0. The number of amides is 1. The molecule has 0 aromatic heterocycles. The van der Waals surface area contributed by atoms with Gasteiger partial charge in [0.2, 0.25) is 5.91 Å². The highest BCUT2D eigenvalue weighted by Crippen LogP contribution is 2.37. The van der Waals surface area contributed by atoms with Gasteiger partial charge < -0.3 is 10.6 Å². The van der Waals surface area contributed by atoms with E-state index < -0.39 is 0 Å². The summed E-state index contributed by atoms with van der Waals surface area (Å²) in [4.78, 5) is 14.4.